The molecule has 1 N–H and O–H groups in total. The van der Waals surface area contributed by atoms with Crippen LogP contribution in [0.5, 0.6) is 0 Å². The molecule has 0 radical (unpaired) electrons. The van der Waals surface area contributed by atoms with Gasteiger partial charge in [-0.3, -0.25) is 0 Å². The van der Waals surface area contributed by atoms with Crippen LogP contribution >= 0.6 is 23.2 Å². The van der Waals surface area contributed by atoms with Crippen LogP contribution in [0.2, 0.25) is 10.0 Å². The smallest absolute Gasteiger partial charge is 0.328 e. The van der Waals surface area contributed by atoms with E-state index < -0.39 is 11.9 Å². The van der Waals surface area contributed by atoms with Crippen LogP contribution in [0.1, 0.15) is 26.7 Å². The quantitative estimate of drug-likeness (QED) is 0.630. The monoisotopic (exact) mass is 307 g/mol. The molecule has 0 heterocycles. The van der Waals surface area contributed by atoms with Gasteiger partial charge in [0.25, 0.3) is 0 Å². The van der Waals surface area contributed by atoms with Gasteiger partial charge in [-0.25, -0.2) is 9.18 Å². The van der Waals surface area contributed by atoms with Crippen LogP contribution in [-0.2, 0) is 9.53 Å². The second-order valence-electron chi connectivity index (χ2n) is 3.99. The van der Waals surface area contributed by atoms with Gasteiger partial charge in [-0.05, 0) is 25.5 Å². The number of benzene rings is 1. The maximum atomic E-state index is 13.3. The Bertz CT molecular complexity index is 431. The number of nitrogens with one attached hydrogen (secondary N) is 1. The molecule has 1 rings (SSSR count). The molecule has 106 valence electrons. The fourth-order valence-electron chi connectivity index (χ4n) is 1.62. The Kier molecular flexibility index (Phi) is 6.38. The molecule has 0 aliphatic heterocycles. The average Bonchev–Trinajstić information content (AvgIpc) is 2.35. The molecule has 0 aromatic heterocycles. The first-order chi connectivity index (χ1) is 8.99. The molecule has 0 bridgehead atoms. The van der Waals surface area contributed by atoms with Crippen molar-refractivity contribution in [2.24, 2.45) is 0 Å². The van der Waals surface area contributed by atoms with Crippen molar-refractivity contribution in [3.05, 3.63) is 28.0 Å². The van der Waals surface area contributed by atoms with Gasteiger partial charge in [0.2, 0.25) is 0 Å². The topological polar surface area (TPSA) is 38.3 Å². The first-order valence-corrected chi connectivity index (χ1v) is 6.82. The summed E-state index contributed by atoms with van der Waals surface area (Å²) in [5, 5.41) is 2.79. The zero-order valence-corrected chi connectivity index (χ0v) is 12.3. The Morgan fingerprint density at radius 3 is 2.42 bits per heavy atom. The molecule has 0 aliphatic rings. The number of rotatable bonds is 6. The van der Waals surface area contributed by atoms with E-state index in [0.29, 0.717) is 18.7 Å². The number of esters is 1. The van der Waals surface area contributed by atoms with E-state index in [0.717, 1.165) is 6.42 Å². The van der Waals surface area contributed by atoms with Gasteiger partial charge in [0.1, 0.15) is 6.04 Å². The standard InChI is InChI=1S/C13H16Cl2FNO2/c1-3-5-11(13(18)19-4-2)17-8-6-9(14)12(16)10(15)7-8/h6-7,11,17H,3-5H2,1-2H3. The third-order valence-corrected chi connectivity index (χ3v) is 3.02. The van der Waals surface area contributed by atoms with Gasteiger partial charge in [-0.1, -0.05) is 36.5 Å². The number of hydrogen-bond acceptors (Lipinski definition) is 3. The van der Waals surface area contributed by atoms with Crippen molar-refractivity contribution >= 4 is 34.9 Å². The number of carbonyl (C=O) groups excluding carboxylic acids is 1. The minimum Gasteiger partial charge on any atom is -0.464 e. The maximum Gasteiger partial charge on any atom is 0.328 e. The normalized spacial score (nSPS) is 12.1. The molecule has 3 nitrogen and oxygen atoms in total. The predicted octanol–water partition coefficient (Wildman–Crippen LogP) is 4.28. The van der Waals surface area contributed by atoms with Crippen LogP contribution in [0.15, 0.2) is 12.1 Å². The van der Waals surface area contributed by atoms with Crippen LogP contribution in [0.3, 0.4) is 0 Å². The average molecular weight is 308 g/mol. The second kappa shape index (κ2) is 7.56. The highest BCUT2D eigenvalue weighted by Gasteiger charge is 2.19. The minimum atomic E-state index is -0.669. The summed E-state index contributed by atoms with van der Waals surface area (Å²) in [6, 6.07) is 2.29. The van der Waals surface area contributed by atoms with Crippen molar-refractivity contribution in [3.63, 3.8) is 0 Å². The molecular weight excluding hydrogens is 292 g/mol. The van der Waals surface area contributed by atoms with E-state index in [1.54, 1.807) is 6.92 Å². The second-order valence-corrected chi connectivity index (χ2v) is 4.81. The zero-order valence-electron chi connectivity index (χ0n) is 10.8. The number of hydrogen-bond donors (Lipinski definition) is 1. The Balaban J connectivity index is 2.87. The number of halogens is 3. The van der Waals surface area contributed by atoms with Crippen LogP contribution in [0, 0.1) is 5.82 Å². The summed E-state index contributed by atoms with van der Waals surface area (Å²) in [6.07, 6.45) is 1.41. The molecule has 0 aliphatic carbocycles. The molecule has 6 heteroatoms. The molecule has 0 saturated heterocycles. The lowest BCUT2D eigenvalue weighted by Gasteiger charge is -2.18. The molecule has 1 aromatic carbocycles. The van der Waals surface area contributed by atoms with Gasteiger partial charge >= 0.3 is 5.97 Å². The van der Waals surface area contributed by atoms with Gasteiger partial charge in [-0.15, -0.1) is 0 Å². The highest BCUT2D eigenvalue weighted by atomic mass is 35.5. The molecule has 0 amide bonds. The lowest BCUT2D eigenvalue weighted by Crippen LogP contribution is -2.31. The number of anilines is 1. The SMILES string of the molecule is CCCC(Nc1cc(Cl)c(F)c(Cl)c1)C(=O)OCC. The fourth-order valence-corrected chi connectivity index (χ4v) is 2.11. The van der Waals surface area contributed by atoms with Crippen molar-refractivity contribution in [1.29, 1.82) is 0 Å². The molecular formula is C13H16Cl2FNO2. The summed E-state index contributed by atoms with van der Waals surface area (Å²) in [5.41, 5.74) is 0.489. The van der Waals surface area contributed by atoms with Crippen molar-refractivity contribution < 1.29 is 13.9 Å². The van der Waals surface area contributed by atoms with E-state index >= 15 is 0 Å². The zero-order chi connectivity index (χ0) is 14.4. The molecule has 1 unspecified atom stereocenters. The van der Waals surface area contributed by atoms with E-state index in [1.165, 1.54) is 12.1 Å². The van der Waals surface area contributed by atoms with Crippen LogP contribution in [0.25, 0.3) is 0 Å². The van der Waals surface area contributed by atoms with Gasteiger partial charge in [0.05, 0.1) is 16.7 Å². The number of carbonyl (C=O) groups is 1. The minimum absolute atomic E-state index is 0.0888. The summed E-state index contributed by atoms with van der Waals surface area (Å²) >= 11 is 11.4. The van der Waals surface area contributed by atoms with Crippen LogP contribution in [0.4, 0.5) is 10.1 Å². The summed E-state index contributed by atoms with van der Waals surface area (Å²) in [7, 11) is 0. The predicted molar refractivity (Wildman–Crippen MR) is 75.4 cm³/mol. The molecule has 1 atom stereocenters. The lowest BCUT2D eigenvalue weighted by atomic mass is 10.1. The summed E-state index contributed by atoms with van der Waals surface area (Å²) in [4.78, 5) is 11.7. The number of ether oxygens (including phenoxy) is 1. The van der Waals surface area contributed by atoms with Crippen molar-refractivity contribution in [1.82, 2.24) is 0 Å². The lowest BCUT2D eigenvalue weighted by molar-refractivity contribution is -0.144. The Morgan fingerprint density at radius 2 is 1.95 bits per heavy atom. The largest absolute Gasteiger partial charge is 0.464 e. The van der Waals surface area contributed by atoms with E-state index in [-0.39, 0.29) is 16.0 Å². The molecule has 0 spiro atoms. The highest BCUT2D eigenvalue weighted by Crippen LogP contribution is 2.28. The van der Waals surface area contributed by atoms with E-state index in [2.05, 4.69) is 5.32 Å². The van der Waals surface area contributed by atoms with Crippen molar-refractivity contribution in [2.75, 3.05) is 11.9 Å². The first-order valence-electron chi connectivity index (χ1n) is 6.07. The fraction of sp³-hybridized carbons (Fsp3) is 0.462. The Morgan fingerprint density at radius 1 is 1.37 bits per heavy atom. The van der Waals surface area contributed by atoms with Gasteiger partial charge in [0, 0.05) is 5.69 Å². The van der Waals surface area contributed by atoms with Crippen molar-refractivity contribution in [2.45, 2.75) is 32.7 Å². The Hall–Kier alpha value is -1.00. The summed E-state index contributed by atoms with van der Waals surface area (Å²) < 4.78 is 18.3. The van der Waals surface area contributed by atoms with Crippen molar-refractivity contribution in [3.8, 4) is 0 Å². The van der Waals surface area contributed by atoms with E-state index in [1.807, 2.05) is 6.92 Å². The van der Waals surface area contributed by atoms with Gasteiger partial charge in [-0.2, -0.15) is 0 Å². The molecule has 1 aromatic rings. The Labute approximate surface area is 122 Å². The molecule has 0 fully saturated rings. The first kappa shape index (κ1) is 16.1. The molecule has 0 saturated carbocycles. The highest BCUT2D eigenvalue weighted by molar-refractivity contribution is 6.35. The summed E-state index contributed by atoms with van der Waals surface area (Å²) in [6.45, 7) is 4.01. The summed E-state index contributed by atoms with van der Waals surface area (Å²) in [5.74, 6) is -1.02. The van der Waals surface area contributed by atoms with Gasteiger partial charge < -0.3 is 10.1 Å². The third-order valence-electron chi connectivity index (χ3n) is 2.47. The van der Waals surface area contributed by atoms with Gasteiger partial charge in [0.15, 0.2) is 5.82 Å². The van der Waals surface area contributed by atoms with E-state index in [4.69, 9.17) is 27.9 Å². The maximum absolute atomic E-state index is 13.3. The van der Waals surface area contributed by atoms with Crippen LogP contribution in [-0.4, -0.2) is 18.6 Å². The molecule has 19 heavy (non-hydrogen) atoms. The third kappa shape index (κ3) is 4.55. The van der Waals surface area contributed by atoms with E-state index in [9.17, 15) is 9.18 Å². The van der Waals surface area contributed by atoms with Crippen LogP contribution < -0.4 is 5.32 Å².